The van der Waals surface area contributed by atoms with Gasteiger partial charge in [-0.2, -0.15) is 5.10 Å². The molecule has 12 heavy (non-hydrogen) atoms. The van der Waals surface area contributed by atoms with Crippen LogP contribution in [-0.2, 0) is 0 Å². The zero-order valence-electron chi connectivity index (χ0n) is 6.24. The zero-order valence-corrected chi connectivity index (χ0v) is 6.99. The minimum atomic E-state index is 0.503. The number of hydrogen-bond donors (Lipinski definition) is 1. The van der Waals surface area contributed by atoms with E-state index in [9.17, 15) is 0 Å². The van der Waals surface area contributed by atoms with E-state index in [4.69, 9.17) is 11.6 Å². The highest BCUT2D eigenvalue weighted by molar-refractivity contribution is 6.29. The fraction of sp³-hybridized carbons (Fsp3) is 0.143. The van der Waals surface area contributed by atoms with Crippen molar-refractivity contribution in [3.63, 3.8) is 0 Å². The molecule has 0 aromatic carbocycles. The summed E-state index contributed by atoms with van der Waals surface area (Å²) in [4.78, 5) is 5.89. The normalized spacial score (nSPS) is 14.9. The minimum absolute atomic E-state index is 0.503. The van der Waals surface area contributed by atoms with Gasteiger partial charge < -0.3 is 4.90 Å². The third-order valence-electron chi connectivity index (χ3n) is 1.57. The lowest BCUT2D eigenvalue weighted by molar-refractivity contribution is 0.807. The van der Waals surface area contributed by atoms with E-state index < -0.39 is 0 Å². The molecule has 1 N–H and O–H groups in total. The summed E-state index contributed by atoms with van der Waals surface area (Å²) in [6, 6.07) is 3.65. The average Bonchev–Trinajstić information content (AvgIpc) is 2.58. The van der Waals surface area contributed by atoms with Crippen molar-refractivity contribution in [2.24, 2.45) is 5.10 Å². The van der Waals surface area contributed by atoms with Gasteiger partial charge in [0.15, 0.2) is 0 Å². The Bertz CT molecular complexity index is 295. The van der Waals surface area contributed by atoms with Gasteiger partial charge in [-0.15, -0.1) is 0 Å². The largest absolute Gasteiger partial charge is 0.310 e. The fourth-order valence-corrected chi connectivity index (χ4v) is 1.08. The van der Waals surface area contributed by atoms with Gasteiger partial charge in [-0.25, -0.2) is 4.98 Å². The van der Waals surface area contributed by atoms with Crippen LogP contribution in [0, 0.1) is 0 Å². The van der Waals surface area contributed by atoms with Crippen molar-refractivity contribution in [1.29, 1.82) is 0 Å². The van der Waals surface area contributed by atoms with Gasteiger partial charge >= 0.3 is 0 Å². The zero-order chi connectivity index (χ0) is 8.39. The van der Waals surface area contributed by atoms with E-state index in [2.05, 4.69) is 15.5 Å². The van der Waals surface area contributed by atoms with Crippen molar-refractivity contribution < 1.29 is 0 Å². The molecule has 5 heteroatoms. The van der Waals surface area contributed by atoms with Crippen molar-refractivity contribution in [2.45, 2.75) is 0 Å². The highest BCUT2D eigenvalue weighted by Gasteiger charge is 2.06. The van der Waals surface area contributed by atoms with Gasteiger partial charge in [-0.1, -0.05) is 11.6 Å². The number of rotatable bonds is 1. The molecule has 0 atom stereocenters. The molecule has 0 radical (unpaired) electrons. The van der Waals surface area contributed by atoms with E-state index in [-0.39, 0.29) is 0 Å². The highest BCUT2D eigenvalue weighted by Crippen LogP contribution is 2.14. The summed E-state index contributed by atoms with van der Waals surface area (Å²) in [5.74, 6) is 0. The summed E-state index contributed by atoms with van der Waals surface area (Å²) in [6.07, 6.45) is 3.42. The maximum Gasteiger partial charge on any atom is 0.129 e. The number of nitrogens with zero attached hydrogens (tertiary/aromatic N) is 3. The molecule has 1 aliphatic rings. The Labute approximate surface area is 74.9 Å². The van der Waals surface area contributed by atoms with Crippen LogP contribution in [0.4, 0.5) is 5.69 Å². The number of hydrazone groups is 1. The number of pyridine rings is 1. The van der Waals surface area contributed by atoms with E-state index >= 15 is 0 Å². The monoisotopic (exact) mass is 182 g/mol. The molecule has 0 bridgehead atoms. The van der Waals surface area contributed by atoms with Crippen molar-refractivity contribution in [3.8, 4) is 0 Å². The van der Waals surface area contributed by atoms with Crippen molar-refractivity contribution in [2.75, 3.05) is 11.6 Å². The first-order valence-electron chi connectivity index (χ1n) is 3.50. The Morgan fingerprint density at radius 3 is 3.00 bits per heavy atom. The van der Waals surface area contributed by atoms with Crippen molar-refractivity contribution >= 4 is 23.6 Å². The Balaban J connectivity index is 2.23. The number of aromatic nitrogens is 1. The van der Waals surface area contributed by atoms with E-state index in [0.29, 0.717) is 11.8 Å². The average molecular weight is 183 g/mol. The summed E-state index contributed by atoms with van der Waals surface area (Å²) in [6.45, 7) is 0.684. The fourth-order valence-electron chi connectivity index (χ4n) is 0.964. The second-order valence-corrected chi connectivity index (χ2v) is 2.76. The van der Waals surface area contributed by atoms with Gasteiger partial charge in [0.25, 0.3) is 0 Å². The van der Waals surface area contributed by atoms with Gasteiger partial charge in [0.05, 0.1) is 11.9 Å². The first kappa shape index (κ1) is 7.36. The van der Waals surface area contributed by atoms with Crippen LogP contribution in [0.2, 0.25) is 5.15 Å². The van der Waals surface area contributed by atoms with E-state index in [1.54, 1.807) is 18.6 Å². The van der Waals surface area contributed by atoms with Crippen LogP contribution in [0.15, 0.2) is 23.4 Å². The number of nitrogens with one attached hydrogen (secondary N) is 1. The smallest absolute Gasteiger partial charge is 0.129 e. The van der Waals surface area contributed by atoms with Crippen LogP contribution in [0.5, 0.6) is 0 Å². The Morgan fingerprint density at radius 2 is 2.42 bits per heavy atom. The molecule has 2 heterocycles. The Morgan fingerprint density at radius 1 is 1.50 bits per heavy atom. The molecule has 1 aliphatic heterocycles. The van der Waals surface area contributed by atoms with Gasteiger partial charge in [-0.05, 0) is 12.1 Å². The topological polar surface area (TPSA) is 40.5 Å². The van der Waals surface area contributed by atoms with Gasteiger partial charge in [0.1, 0.15) is 18.2 Å². The van der Waals surface area contributed by atoms with Crippen molar-refractivity contribution in [3.05, 3.63) is 23.5 Å². The van der Waals surface area contributed by atoms with Crippen molar-refractivity contribution in [1.82, 2.24) is 10.4 Å². The predicted molar refractivity (Wildman–Crippen MR) is 48.2 cm³/mol. The first-order valence-corrected chi connectivity index (χ1v) is 3.88. The van der Waals surface area contributed by atoms with E-state index in [1.807, 2.05) is 11.0 Å². The molecule has 2 rings (SSSR count). The molecule has 62 valence electrons. The molecule has 1 aromatic rings. The second kappa shape index (κ2) is 2.98. The maximum atomic E-state index is 5.64. The lowest BCUT2D eigenvalue weighted by Crippen LogP contribution is -2.22. The van der Waals surface area contributed by atoms with Crippen LogP contribution >= 0.6 is 11.6 Å². The number of halogens is 1. The molecule has 0 unspecified atom stereocenters. The molecular formula is C7H7ClN4. The van der Waals surface area contributed by atoms with Crippen LogP contribution in [0.3, 0.4) is 0 Å². The summed E-state index contributed by atoms with van der Waals surface area (Å²) >= 11 is 5.64. The molecule has 0 fully saturated rings. The van der Waals surface area contributed by atoms with Gasteiger partial charge in [-0.3, -0.25) is 5.43 Å². The molecular weight excluding hydrogens is 176 g/mol. The van der Waals surface area contributed by atoms with Gasteiger partial charge in [0.2, 0.25) is 0 Å². The third kappa shape index (κ3) is 1.33. The lowest BCUT2D eigenvalue weighted by atomic mass is 10.4. The van der Waals surface area contributed by atoms with Gasteiger partial charge in [0, 0.05) is 0 Å². The molecule has 0 spiro atoms. The minimum Gasteiger partial charge on any atom is -0.310 e. The summed E-state index contributed by atoms with van der Waals surface area (Å²) in [5, 5.41) is 4.36. The van der Waals surface area contributed by atoms with Crippen LogP contribution in [0.1, 0.15) is 0 Å². The van der Waals surface area contributed by atoms with E-state index in [1.165, 1.54) is 0 Å². The summed E-state index contributed by atoms with van der Waals surface area (Å²) < 4.78 is 0. The number of hydrogen-bond acceptors (Lipinski definition) is 4. The van der Waals surface area contributed by atoms with Crippen LogP contribution in [0.25, 0.3) is 0 Å². The van der Waals surface area contributed by atoms with E-state index in [0.717, 1.165) is 5.69 Å². The summed E-state index contributed by atoms with van der Waals surface area (Å²) in [7, 11) is 0. The SMILES string of the molecule is Clc1ccc(N2C=NNC2)cn1. The van der Waals surface area contributed by atoms with Crippen LogP contribution in [-0.4, -0.2) is 18.0 Å². The predicted octanol–water partition coefficient (Wildman–Crippen LogP) is 1.05. The highest BCUT2D eigenvalue weighted by atomic mass is 35.5. The Kier molecular flexibility index (Phi) is 1.83. The quantitative estimate of drug-likeness (QED) is 0.660. The maximum absolute atomic E-state index is 5.64. The molecule has 0 saturated heterocycles. The third-order valence-corrected chi connectivity index (χ3v) is 1.80. The molecule has 0 aliphatic carbocycles. The Hall–Kier alpha value is -1.29. The second-order valence-electron chi connectivity index (χ2n) is 2.37. The first-order chi connectivity index (χ1) is 5.86. The van der Waals surface area contributed by atoms with Crippen LogP contribution < -0.4 is 10.3 Å². The summed E-state index contributed by atoms with van der Waals surface area (Å²) in [5.41, 5.74) is 3.80. The molecule has 4 nitrogen and oxygen atoms in total. The molecule has 0 saturated carbocycles. The molecule has 1 aromatic heterocycles. The number of anilines is 1. The standard InChI is InChI=1S/C7H7ClN4/c8-7-2-1-6(3-9-7)12-4-10-11-5-12/h1-4,11H,5H2. The molecule has 0 amide bonds. The lowest BCUT2D eigenvalue weighted by Gasteiger charge is -2.11.